The van der Waals surface area contributed by atoms with Gasteiger partial charge in [-0.15, -0.1) is 0 Å². The van der Waals surface area contributed by atoms with Crippen molar-refractivity contribution in [1.82, 2.24) is 4.98 Å². The molecule has 5 nitrogen and oxygen atoms in total. The third kappa shape index (κ3) is 6.28. The predicted molar refractivity (Wildman–Crippen MR) is 118 cm³/mol. The summed E-state index contributed by atoms with van der Waals surface area (Å²) in [7, 11) is -3.63. The number of Topliss-reactive ketones (excluding diaryl/α,β-unsaturated/α-hetero) is 1. The fraction of sp³-hybridized carbons (Fsp3) is 0.304. The van der Waals surface area contributed by atoms with Crippen molar-refractivity contribution < 1.29 is 17.6 Å². The molecule has 0 aliphatic carbocycles. The number of sulfone groups is 1. The average molecular weight is 446 g/mol. The summed E-state index contributed by atoms with van der Waals surface area (Å²) in [5.74, 6) is -0.399. The molecule has 1 heterocycles. The average Bonchev–Trinajstić information content (AvgIpc) is 3.05. The second-order valence-electron chi connectivity index (χ2n) is 7.27. The SMILES string of the molecule is Cc1oc(-c2ccccc2Cl)nc1CS(=O)(=O)CC(=O)CCCCc1ccccc1. The number of rotatable bonds is 10. The first-order valence-electron chi connectivity index (χ1n) is 9.81. The van der Waals surface area contributed by atoms with Gasteiger partial charge in [-0.05, 0) is 43.9 Å². The number of ketones is 1. The van der Waals surface area contributed by atoms with Gasteiger partial charge in [-0.3, -0.25) is 4.79 Å². The van der Waals surface area contributed by atoms with Crippen LogP contribution in [0, 0.1) is 6.92 Å². The number of unbranched alkanes of at least 4 members (excludes halogenated alkanes) is 1. The molecule has 0 N–H and O–H groups in total. The Morgan fingerprint density at radius 1 is 1.03 bits per heavy atom. The van der Waals surface area contributed by atoms with E-state index in [9.17, 15) is 13.2 Å². The number of aryl methyl sites for hydroxylation is 2. The summed E-state index contributed by atoms with van der Waals surface area (Å²) in [5.41, 5.74) is 2.12. The van der Waals surface area contributed by atoms with Crippen molar-refractivity contribution in [2.24, 2.45) is 0 Å². The van der Waals surface area contributed by atoms with Crippen LogP contribution in [0.15, 0.2) is 59.0 Å². The zero-order valence-electron chi connectivity index (χ0n) is 16.8. The molecule has 2 aromatic carbocycles. The minimum Gasteiger partial charge on any atom is -0.441 e. The number of halogens is 1. The number of hydrogen-bond acceptors (Lipinski definition) is 5. The maximum atomic E-state index is 12.5. The summed E-state index contributed by atoms with van der Waals surface area (Å²) in [6, 6.07) is 17.1. The summed E-state index contributed by atoms with van der Waals surface area (Å²) in [4.78, 5) is 16.5. The molecule has 0 atom stereocenters. The van der Waals surface area contributed by atoms with Crippen LogP contribution in [0.25, 0.3) is 11.5 Å². The Bertz CT molecular complexity index is 1110. The van der Waals surface area contributed by atoms with Gasteiger partial charge in [0.2, 0.25) is 5.89 Å². The maximum Gasteiger partial charge on any atom is 0.228 e. The molecule has 3 aromatic rings. The fourth-order valence-electron chi connectivity index (χ4n) is 3.18. The Labute approximate surface area is 182 Å². The van der Waals surface area contributed by atoms with Gasteiger partial charge in [-0.1, -0.05) is 54.1 Å². The molecule has 0 saturated carbocycles. The highest BCUT2D eigenvalue weighted by Crippen LogP contribution is 2.29. The van der Waals surface area contributed by atoms with Crippen molar-refractivity contribution in [2.75, 3.05) is 5.75 Å². The molecule has 0 radical (unpaired) electrons. The van der Waals surface area contributed by atoms with Gasteiger partial charge in [-0.25, -0.2) is 13.4 Å². The topological polar surface area (TPSA) is 77.2 Å². The largest absolute Gasteiger partial charge is 0.441 e. The van der Waals surface area contributed by atoms with Crippen molar-refractivity contribution in [2.45, 2.75) is 38.4 Å². The van der Waals surface area contributed by atoms with Crippen molar-refractivity contribution >= 4 is 27.2 Å². The third-order valence-electron chi connectivity index (χ3n) is 4.75. The van der Waals surface area contributed by atoms with Crippen molar-refractivity contribution in [3.05, 3.63) is 76.6 Å². The molecule has 0 aliphatic heterocycles. The Hall–Kier alpha value is -2.44. The van der Waals surface area contributed by atoms with Crippen molar-refractivity contribution in [3.8, 4) is 11.5 Å². The molecular formula is C23H24ClNO4S. The highest BCUT2D eigenvalue weighted by atomic mass is 35.5. The van der Waals surface area contributed by atoms with Crippen LogP contribution < -0.4 is 0 Å². The van der Waals surface area contributed by atoms with Crippen LogP contribution in [-0.4, -0.2) is 24.9 Å². The second-order valence-corrected chi connectivity index (χ2v) is 9.74. The lowest BCUT2D eigenvalue weighted by atomic mass is 10.1. The number of nitrogens with zero attached hydrogens (tertiary/aromatic N) is 1. The van der Waals surface area contributed by atoms with E-state index >= 15 is 0 Å². The normalized spacial score (nSPS) is 11.5. The highest BCUT2D eigenvalue weighted by molar-refractivity contribution is 7.91. The van der Waals surface area contributed by atoms with E-state index in [0.717, 1.165) is 12.8 Å². The minimum atomic E-state index is -3.63. The van der Waals surface area contributed by atoms with Gasteiger partial charge in [0.05, 0.1) is 22.0 Å². The van der Waals surface area contributed by atoms with Crippen molar-refractivity contribution in [1.29, 1.82) is 0 Å². The lowest BCUT2D eigenvalue weighted by Gasteiger charge is -2.04. The van der Waals surface area contributed by atoms with E-state index in [4.69, 9.17) is 16.0 Å². The van der Waals surface area contributed by atoms with E-state index in [1.165, 1.54) is 5.56 Å². The smallest absolute Gasteiger partial charge is 0.228 e. The Morgan fingerprint density at radius 2 is 1.73 bits per heavy atom. The van der Waals surface area contributed by atoms with Crippen LogP contribution in [0.1, 0.15) is 36.3 Å². The van der Waals surface area contributed by atoms with Gasteiger partial charge >= 0.3 is 0 Å². The summed E-state index contributed by atoms with van der Waals surface area (Å²) in [6.45, 7) is 1.66. The first-order valence-corrected chi connectivity index (χ1v) is 12.0. The fourth-order valence-corrected chi connectivity index (χ4v) is 4.82. The standard InChI is InChI=1S/C23H24ClNO4S/c1-17-22(25-23(29-17)20-13-7-8-14-21(20)24)16-30(27,28)15-19(26)12-6-5-11-18-9-3-2-4-10-18/h2-4,7-10,13-14H,5-6,11-12,15-16H2,1H3. The Balaban J connectivity index is 1.53. The van der Waals surface area contributed by atoms with Gasteiger partial charge in [0.25, 0.3) is 0 Å². The molecule has 0 amide bonds. The summed E-state index contributed by atoms with van der Waals surface area (Å²) in [5, 5.41) is 0.471. The maximum absolute atomic E-state index is 12.5. The van der Waals surface area contributed by atoms with Gasteiger partial charge < -0.3 is 4.42 Å². The van der Waals surface area contributed by atoms with E-state index in [1.54, 1.807) is 31.2 Å². The van der Waals surface area contributed by atoms with E-state index in [1.807, 2.05) is 30.3 Å². The molecule has 0 bridgehead atoms. The lowest BCUT2D eigenvalue weighted by Crippen LogP contribution is -2.18. The number of carbonyl (C=O) groups excluding carboxylic acids is 1. The van der Waals surface area contributed by atoms with Gasteiger partial charge in [0.1, 0.15) is 17.3 Å². The molecule has 30 heavy (non-hydrogen) atoms. The molecule has 158 valence electrons. The Kier molecular flexibility index (Phi) is 7.45. The zero-order valence-corrected chi connectivity index (χ0v) is 18.4. The van der Waals surface area contributed by atoms with Crippen LogP contribution >= 0.6 is 11.6 Å². The first kappa shape index (κ1) is 22.2. The lowest BCUT2D eigenvalue weighted by molar-refractivity contribution is -0.116. The van der Waals surface area contributed by atoms with Crippen LogP contribution in [0.4, 0.5) is 0 Å². The van der Waals surface area contributed by atoms with Crippen LogP contribution in [0.5, 0.6) is 0 Å². The van der Waals surface area contributed by atoms with E-state index in [0.29, 0.717) is 28.5 Å². The highest BCUT2D eigenvalue weighted by Gasteiger charge is 2.22. The predicted octanol–water partition coefficient (Wildman–Crippen LogP) is 5.20. The zero-order chi connectivity index (χ0) is 21.6. The van der Waals surface area contributed by atoms with E-state index in [2.05, 4.69) is 4.98 Å². The van der Waals surface area contributed by atoms with E-state index < -0.39 is 15.6 Å². The third-order valence-corrected chi connectivity index (χ3v) is 6.55. The number of hydrogen-bond donors (Lipinski definition) is 0. The van der Waals surface area contributed by atoms with Crippen LogP contribution in [0.2, 0.25) is 5.02 Å². The molecule has 1 aromatic heterocycles. The molecule has 0 spiro atoms. The van der Waals surface area contributed by atoms with Gasteiger partial charge in [0.15, 0.2) is 9.84 Å². The molecule has 0 unspecified atom stereocenters. The number of aromatic nitrogens is 1. The number of carbonyl (C=O) groups is 1. The summed E-state index contributed by atoms with van der Waals surface area (Å²) >= 11 is 6.16. The number of benzene rings is 2. The molecular weight excluding hydrogens is 422 g/mol. The second kappa shape index (κ2) is 10.0. The van der Waals surface area contributed by atoms with Crippen LogP contribution in [-0.2, 0) is 26.8 Å². The molecule has 7 heteroatoms. The van der Waals surface area contributed by atoms with E-state index in [-0.39, 0.29) is 23.8 Å². The quantitative estimate of drug-likeness (QED) is 0.401. The van der Waals surface area contributed by atoms with Crippen LogP contribution in [0.3, 0.4) is 0 Å². The number of oxazole rings is 1. The molecule has 0 fully saturated rings. The first-order chi connectivity index (χ1) is 14.3. The van der Waals surface area contributed by atoms with Gasteiger partial charge in [0, 0.05) is 6.42 Å². The molecule has 3 rings (SSSR count). The minimum absolute atomic E-state index is 0.259. The molecule has 0 aliphatic rings. The van der Waals surface area contributed by atoms with Crippen molar-refractivity contribution in [3.63, 3.8) is 0 Å². The molecule has 0 saturated heterocycles. The summed E-state index contributed by atoms with van der Waals surface area (Å²) < 4.78 is 30.6. The Morgan fingerprint density at radius 3 is 2.47 bits per heavy atom. The van der Waals surface area contributed by atoms with Gasteiger partial charge in [-0.2, -0.15) is 0 Å². The summed E-state index contributed by atoms with van der Waals surface area (Å²) in [6.07, 6.45) is 2.65. The monoisotopic (exact) mass is 445 g/mol.